The highest BCUT2D eigenvalue weighted by molar-refractivity contribution is 8.00. The van der Waals surface area contributed by atoms with Crippen LogP contribution in [-0.2, 0) is 4.79 Å². The summed E-state index contributed by atoms with van der Waals surface area (Å²) in [7, 11) is 1.67. The zero-order chi connectivity index (χ0) is 18.4. The zero-order valence-electron chi connectivity index (χ0n) is 15.3. The van der Waals surface area contributed by atoms with Crippen molar-refractivity contribution in [3.63, 3.8) is 0 Å². The minimum atomic E-state index is 0.175. The number of benzene rings is 2. The summed E-state index contributed by atoms with van der Waals surface area (Å²) < 4.78 is 10.7. The van der Waals surface area contributed by atoms with E-state index < -0.39 is 0 Å². The Morgan fingerprint density at radius 2 is 1.81 bits per heavy atom. The third-order valence-corrected chi connectivity index (χ3v) is 5.57. The molecule has 138 valence electrons. The lowest BCUT2D eigenvalue weighted by Gasteiger charge is -2.25. The maximum Gasteiger partial charge on any atom is 0.233 e. The molecule has 1 amide bonds. The molecule has 1 atom stereocenters. The number of ether oxygens (including phenoxy) is 2. The van der Waals surface area contributed by atoms with Gasteiger partial charge in [-0.1, -0.05) is 12.1 Å². The van der Waals surface area contributed by atoms with E-state index in [0.717, 1.165) is 35.8 Å². The van der Waals surface area contributed by atoms with Gasteiger partial charge in [-0.05, 0) is 61.7 Å². The number of thioether (sulfide) groups is 1. The lowest BCUT2D eigenvalue weighted by Crippen LogP contribution is -2.31. The quantitative estimate of drug-likeness (QED) is 0.669. The Kier molecular flexibility index (Phi) is 6.45. The maximum atomic E-state index is 12.8. The standard InChI is InChI=1S/C21H25NO3S/c1-3-25-18-10-12-19(13-11-18)26-15-21(23)22-14-4-5-20(22)16-6-8-17(24-2)9-7-16/h6-13,20H,3-5,14-15H2,1-2H3/t20-/m0/s1. The molecule has 1 aliphatic rings. The predicted octanol–water partition coefficient (Wildman–Crippen LogP) is 4.55. The number of rotatable bonds is 7. The van der Waals surface area contributed by atoms with Gasteiger partial charge < -0.3 is 14.4 Å². The molecule has 1 heterocycles. The topological polar surface area (TPSA) is 38.8 Å². The van der Waals surface area contributed by atoms with Gasteiger partial charge in [0.15, 0.2) is 0 Å². The van der Waals surface area contributed by atoms with E-state index in [1.54, 1.807) is 18.9 Å². The van der Waals surface area contributed by atoms with Crippen molar-refractivity contribution in [2.24, 2.45) is 0 Å². The molecule has 3 rings (SSSR count). The van der Waals surface area contributed by atoms with Crippen LogP contribution < -0.4 is 9.47 Å². The van der Waals surface area contributed by atoms with Gasteiger partial charge in [-0.25, -0.2) is 0 Å². The molecule has 2 aromatic carbocycles. The van der Waals surface area contributed by atoms with Crippen LogP contribution in [0.3, 0.4) is 0 Å². The summed E-state index contributed by atoms with van der Waals surface area (Å²) in [6.45, 7) is 3.46. The van der Waals surface area contributed by atoms with Gasteiger partial charge in [-0.3, -0.25) is 4.79 Å². The Morgan fingerprint density at radius 1 is 1.12 bits per heavy atom. The third kappa shape index (κ3) is 4.52. The number of methoxy groups -OCH3 is 1. The molecule has 5 heteroatoms. The highest BCUT2D eigenvalue weighted by Gasteiger charge is 2.29. The van der Waals surface area contributed by atoms with E-state index in [4.69, 9.17) is 9.47 Å². The molecule has 2 aromatic rings. The van der Waals surface area contributed by atoms with Crippen molar-refractivity contribution in [1.29, 1.82) is 0 Å². The van der Waals surface area contributed by atoms with Crippen LogP contribution in [0.15, 0.2) is 53.4 Å². The molecule has 26 heavy (non-hydrogen) atoms. The summed E-state index contributed by atoms with van der Waals surface area (Å²) >= 11 is 1.58. The van der Waals surface area contributed by atoms with E-state index in [0.29, 0.717) is 12.4 Å². The first kappa shape index (κ1) is 18.6. The van der Waals surface area contributed by atoms with Gasteiger partial charge in [0.25, 0.3) is 0 Å². The first-order chi connectivity index (χ1) is 12.7. The third-order valence-electron chi connectivity index (χ3n) is 4.57. The molecule has 0 bridgehead atoms. The smallest absolute Gasteiger partial charge is 0.233 e. The number of hydrogen-bond acceptors (Lipinski definition) is 4. The van der Waals surface area contributed by atoms with Crippen molar-refractivity contribution in [2.45, 2.75) is 30.7 Å². The number of carbonyl (C=O) groups excluding carboxylic acids is 1. The molecular formula is C21H25NO3S. The largest absolute Gasteiger partial charge is 0.497 e. The summed E-state index contributed by atoms with van der Waals surface area (Å²) in [4.78, 5) is 15.9. The van der Waals surface area contributed by atoms with Gasteiger partial charge in [-0.2, -0.15) is 0 Å². The summed E-state index contributed by atoms with van der Waals surface area (Å²) in [6, 6.07) is 16.1. The van der Waals surface area contributed by atoms with E-state index in [9.17, 15) is 4.79 Å². The number of likely N-dealkylation sites (tertiary alicyclic amines) is 1. The second kappa shape index (κ2) is 8.99. The lowest BCUT2D eigenvalue weighted by atomic mass is 10.0. The molecule has 0 aromatic heterocycles. The maximum absolute atomic E-state index is 12.8. The molecule has 0 unspecified atom stereocenters. The lowest BCUT2D eigenvalue weighted by molar-refractivity contribution is -0.129. The number of carbonyl (C=O) groups is 1. The van der Waals surface area contributed by atoms with E-state index in [1.807, 2.05) is 48.2 Å². The molecule has 4 nitrogen and oxygen atoms in total. The Morgan fingerprint density at radius 3 is 2.46 bits per heavy atom. The monoisotopic (exact) mass is 371 g/mol. The first-order valence-corrected chi connectivity index (χ1v) is 9.99. The summed E-state index contributed by atoms with van der Waals surface area (Å²) in [6.07, 6.45) is 2.07. The predicted molar refractivity (Wildman–Crippen MR) is 105 cm³/mol. The van der Waals surface area contributed by atoms with Crippen molar-refractivity contribution in [3.05, 3.63) is 54.1 Å². The van der Waals surface area contributed by atoms with Crippen molar-refractivity contribution in [2.75, 3.05) is 26.0 Å². The molecule has 0 aliphatic carbocycles. The average molecular weight is 372 g/mol. The Labute approximate surface area is 159 Å². The van der Waals surface area contributed by atoms with Crippen molar-refractivity contribution < 1.29 is 14.3 Å². The van der Waals surface area contributed by atoms with E-state index >= 15 is 0 Å². The van der Waals surface area contributed by atoms with E-state index in [1.165, 1.54) is 5.56 Å². The minimum absolute atomic E-state index is 0.175. The van der Waals surface area contributed by atoms with Crippen LogP contribution in [0.25, 0.3) is 0 Å². The Bertz CT molecular complexity index is 715. The van der Waals surface area contributed by atoms with Crippen molar-refractivity contribution in [3.8, 4) is 11.5 Å². The average Bonchev–Trinajstić information content (AvgIpc) is 3.17. The van der Waals surface area contributed by atoms with Gasteiger partial charge in [0.2, 0.25) is 5.91 Å². The van der Waals surface area contributed by atoms with Gasteiger partial charge in [0, 0.05) is 11.4 Å². The molecule has 0 spiro atoms. The fourth-order valence-corrected chi connectivity index (χ4v) is 4.05. The Balaban J connectivity index is 1.59. The highest BCUT2D eigenvalue weighted by atomic mass is 32.2. The fraction of sp³-hybridized carbons (Fsp3) is 0.381. The van der Waals surface area contributed by atoms with Crippen LogP contribution in [0.1, 0.15) is 31.4 Å². The highest BCUT2D eigenvalue weighted by Crippen LogP contribution is 2.33. The van der Waals surface area contributed by atoms with E-state index in [2.05, 4.69) is 12.1 Å². The molecule has 0 radical (unpaired) electrons. The summed E-state index contributed by atoms with van der Waals surface area (Å²) in [5, 5.41) is 0. The molecule has 1 fully saturated rings. The summed E-state index contributed by atoms with van der Waals surface area (Å²) in [5.41, 5.74) is 1.18. The van der Waals surface area contributed by atoms with Crippen LogP contribution in [0, 0.1) is 0 Å². The van der Waals surface area contributed by atoms with Gasteiger partial charge in [0.1, 0.15) is 11.5 Å². The van der Waals surface area contributed by atoms with Crippen molar-refractivity contribution >= 4 is 17.7 Å². The van der Waals surface area contributed by atoms with Crippen LogP contribution in [0.4, 0.5) is 0 Å². The number of nitrogens with zero attached hydrogens (tertiary/aromatic N) is 1. The second-order valence-corrected chi connectivity index (χ2v) is 7.26. The molecule has 1 saturated heterocycles. The van der Waals surface area contributed by atoms with Gasteiger partial charge in [-0.15, -0.1) is 11.8 Å². The van der Waals surface area contributed by atoms with Crippen LogP contribution >= 0.6 is 11.8 Å². The normalized spacial score (nSPS) is 16.5. The molecular weight excluding hydrogens is 346 g/mol. The fourth-order valence-electron chi connectivity index (χ4n) is 3.26. The number of amides is 1. The second-order valence-electron chi connectivity index (χ2n) is 6.21. The summed E-state index contributed by atoms with van der Waals surface area (Å²) in [5.74, 6) is 2.36. The van der Waals surface area contributed by atoms with Gasteiger partial charge in [0.05, 0.1) is 25.5 Å². The number of hydrogen-bond donors (Lipinski definition) is 0. The van der Waals surface area contributed by atoms with Gasteiger partial charge >= 0.3 is 0 Å². The van der Waals surface area contributed by atoms with Crippen LogP contribution in [0.5, 0.6) is 11.5 Å². The van der Waals surface area contributed by atoms with Crippen molar-refractivity contribution in [1.82, 2.24) is 4.90 Å². The SMILES string of the molecule is CCOc1ccc(SCC(=O)N2CCC[C@H]2c2ccc(OC)cc2)cc1. The molecule has 0 saturated carbocycles. The zero-order valence-corrected chi connectivity index (χ0v) is 16.1. The molecule has 1 aliphatic heterocycles. The minimum Gasteiger partial charge on any atom is -0.497 e. The Hall–Kier alpha value is -2.14. The molecule has 0 N–H and O–H groups in total. The van der Waals surface area contributed by atoms with E-state index in [-0.39, 0.29) is 11.9 Å². The first-order valence-electron chi connectivity index (χ1n) is 9.00. The van der Waals surface area contributed by atoms with Crippen LogP contribution in [-0.4, -0.2) is 36.8 Å². The van der Waals surface area contributed by atoms with Crippen LogP contribution in [0.2, 0.25) is 0 Å².